The highest BCUT2D eigenvalue weighted by Crippen LogP contribution is 2.26. The third kappa shape index (κ3) is 4.50. The Balaban J connectivity index is 2.00. The van der Waals surface area contributed by atoms with Crippen molar-refractivity contribution in [2.24, 2.45) is 0 Å². The zero-order chi connectivity index (χ0) is 16.3. The minimum Gasteiger partial charge on any atom is -0.444 e. The number of carbonyl (C=O) groups is 2. The first kappa shape index (κ1) is 17.4. The molecule has 2 amide bonds. The Labute approximate surface area is 141 Å². The monoisotopic (exact) mass is 362 g/mol. The molecule has 0 saturated carbocycles. The Hall–Kier alpha value is -1.00. The molecule has 0 unspecified atom stereocenters. The van der Waals surface area contributed by atoms with Crippen molar-refractivity contribution in [1.29, 1.82) is 0 Å². The molecule has 7 nitrogen and oxygen atoms in total. The van der Waals surface area contributed by atoms with Gasteiger partial charge >= 0.3 is 6.09 Å². The second-order valence-corrected chi connectivity index (χ2v) is 8.56. The lowest BCUT2D eigenvalue weighted by atomic mass is 10.2. The molecule has 0 bridgehead atoms. The minimum atomic E-state index is -0.585. The molecule has 1 saturated heterocycles. The van der Waals surface area contributed by atoms with Crippen molar-refractivity contribution in [2.75, 3.05) is 23.2 Å². The predicted octanol–water partition coefficient (Wildman–Crippen LogP) is 2.51. The third-order valence-corrected chi connectivity index (χ3v) is 5.45. The number of rotatable bonds is 3. The van der Waals surface area contributed by atoms with Gasteiger partial charge in [-0.25, -0.2) is 4.79 Å². The molecule has 122 valence electrons. The fraction of sp³-hybridized carbons (Fsp3) is 0.667. The van der Waals surface area contributed by atoms with Crippen LogP contribution in [0.2, 0.25) is 0 Å². The highest BCUT2D eigenvalue weighted by molar-refractivity contribution is 8.00. The number of aromatic nitrogens is 2. The fourth-order valence-corrected chi connectivity index (χ4v) is 4.01. The van der Waals surface area contributed by atoms with E-state index < -0.39 is 17.7 Å². The van der Waals surface area contributed by atoms with Crippen LogP contribution in [-0.4, -0.2) is 56.6 Å². The highest BCUT2D eigenvalue weighted by Gasteiger charge is 2.37. The second-order valence-electron chi connectivity index (χ2n) is 5.53. The molecule has 2 rings (SSSR count). The number of hydrogen-bond donors (Lipinski definition) is 1. The van der Waals surface area contributed by atoms with Crippen molar-refractivity contribution in [3.05, 3.63) is 0 Å². The summed E-state index contributed by atoms with van der Waals surface area (Å²) in [4.78, 5) is 26.0. The Morgan fingerprint density at radius 3 is 2.73 bits per heavy atom. The fourth-order valence-electron chi connectivity index (χ4n) is 1.69. The maximum atomic E-state index is 12.4. The highest BCUT2D eigenvalue weighted by atomic mass is 32.2. The van der Waals surface area contributed by atoms with Gasteiger partial charge < -0.3 is 4.74 Å². The zero-order valence-corrected chi connectivity index (χ0v) is 15.2. The molecule has 0 aliphatic carbocycles. The van der Waals surface area contributed by atoms with Crippen LogP contribution in [0.3, 0.4) is 0 Å². The zero-order valence-electron chi connectivity index (χ0n) is 12.8. The lowest BCUT2D eigenvalue weighted by molar-refractivity contribution is -0.120. The van der Waals surface area contributed by atoms with E-state index in [4.69, 9.17) is 4.74 Å². The second kappa shape index (κ2) is 7.05. The lowest BCUT2D eigenvalue weighted by Gasteiger charge is -2.27. The molecular formula is C12H18N4O3S3. The summed E-state index contributed by atoms with van der Waals surface area (Å²) in [5, 5.41) is 11.0. The molecule has 2 heterocycles. The van der Waals surface area contributed by atoms with E-state index in [9.17, 15) is 9.59 Å². The Morgan fingerprint density at radius 1 is 1.41 bits per heavy atom. The van der Waals surface area contributed by atoms with E-state index in [0.717, 1.165) is 4.34 Å². The molecule has 1 aromatic rings. The Bertz CT molecular complexity index is 558. The van der Waals surface area contributed by atoms with E-state index >= 15 is 0 Å². The van der Waals surface area contributed by atoms with E-state index in [2.05, 4.69) is 15.5 Å². The summed E-state index contributed by atoms with van der Waals surface area (Å²) in [5.74, 6) is 0.720. The van der Waals surface area contributed by atoms with Gasteiger partial charge in [-0.15, -0.1) is 22.0 Å². The largest absolute Gasteiger partial charge is 0.444 e. The average Bonchev–Trinajstić information content (AvgIpc) is 3.04. The minimum absolute atomic E-state index is 0.264. The molecular weight excluding hydrogens is 344 g/mol. The molecule has 1 aliphatic rings. The number of nitrogens with one attached hydrogen (secondary N) is 1. The molecule has 0 radical (unpaired) electrons. The van der Waals surface area contributed by atoms with Crippen molar-refractivity contribution >= 4 is 52.0 Å². The van der Waals surface area contributed by atoms with Crippen LogP contribution in [0.5, 0.6) is 0 Å². The first-order valence-corrected chi connectivity index (χ1v) is 9.75. The number of amides is 2. The predicted molar refractivity (Wildman–Crippen MR) is 89.5 cm³/mol. The maximum Gasteiger partial charge on any atom is 0.411 e. The number of nitrogens with zero attached hydrogens (tertiary/aromatic N) is 3. The number of ether oxygens (including phenoxy) is 1. The van der Waals surface area contributed by atoms with Gasteiger partial charge in [0.2, 0.25) is 11.0 Å². The average molecular weight is 363 g/mol. The maximum absolute atomic E-state index is 12.4. The standard InChI is InChI=1S/C12H18N4O3S3/c1-12(2,3)19-11(18)16-6-21-5-7(16)8(17)13-9-14-15-10(20-4)22-9/h7H,5-6H2,1-4H3,(H,13,14,17)/t7-/m1/s1. The van der Waals surface area contributed by atoms with Gasteiger partial charge in [-0.3, -0.25) is 15.0 Å². The Kier molecular flexibility index (Phi) is 5.56. The molecule has 1 aliphatic heterocycles. The van der Waals surface area contributed by atoms with E-state index in [1.165, 1.54) is 39.8 Å². The first-order valence-electron chi connectivity index (χ1n) is 6.56. The smallest absolute Gasteiger partial charge is 0.411 e. The Morgan fingerprint density at radius 2 is 2.14 bits per heavy atom. The molecule has 1 fully saturated rings. The molecule has 22 heavy (non-hydrogen) atoms. The number of hydrogen-bond acceptors (Lipinski definition) is 8. The van der Waals surface area contributed by atoms with Gasteiger partial charge in [0.25, 0.3) is 0 Å². The van der Waals surface area contributed by atoms with Crippen LogP contribution in [0.15, 0.2) is 4.34 Å². The van der Waals surface area contributed by atoms with E-state index in [1.54, 1.807) is 20.8 Å². The van der Waals surface area contributed by atoms with Crippen LogP contribution in [0.25, 0.3) is 0 Å². The summed E-state index contributed by atoms with van der Waals surface area (Å²) >= 11 is 4.29. The summed E-state index contributed by atoms with van der Waals surface area (Å²) < 4.78 is 6.12. The molecule has 10 heteroatoms. The van der Waals surface area contributed by atoms with E-state index in [-0.39, 0.29) is 5.91 Å². The number of thioether (sulfide) groups is 2. The lowest BCUT2D eigenvalue weighted by Crippen LogP contribution is -2.46. The van der Waals surface area contributed by atoms with Crippen molar-refractivity contribution in [3.8, 4) is 0 Å². The van der Waals surface area contributed by atoms with Gasteiger partial charge in [-0.2, -0.15) is 0 Å². The van der Waals surface area contributed by atoms with Crippen LogP contribution in [0.4, 0.5) is 9.93 Å². The van der Waals surface area contributed by atoms with Gasteiger partial charge in [-0.05, 0) is 27.0 Å². The van der Waals surface area contributed by atoms with Gasteiger partial charge in [0.1, 0.15) is 11.6 Å². The summed E-state index contributed by atoms with van der Waals surface area (Å²) in [6, 6.07) is -0.554. The summed E-state index contributed by atoms with van der Waals surface area (Å²) in [5.41, 5.74) is -0.585. The summed E-state index contributed by atoms with van der Waals surface area (Å²) in [6.45, 7) is 5.40. The third-order valence-electron chi connectivity index (χ3n) is 2.62. The van der Waals surface area contributed by atoms with Crippen molar-refractivity contribution in [1.82, 2.24) is 15.1 Å². The normalized spacial score (nSPS) is 18.4. The molecule has 0 spiro atoms. The summed E-state index contributed by atoms with van der Waals surface area (Å²) in [7, 11) is 0. The molecule has 1 aromatic heterocycles. The number of anilines is 1. The van der Waals surface area contributed by atoms with Crippen LogP contribution in [0, 0.1) is 0 Å². The van der Waals surface area contributed by atoms with Gasteiger partial charge in [-0.1, -0.05) is 23.1 Å². The van der Waals surface area contributed by atoms with Crippen LogP contribution >= 0.6 is 34.9 Å². The SMILES string of the molecule is CSc1nnc(NC(=O)[C@H]2CSCN2C(=O)OC(C)(C)C)s1. The topological polar surface area (TPSA) is 84.4 Å². The van der Waals surface area contributed by atoms with Crippen LogP contribution < -0.4 is 5.32 Å². The molecule has 1 atom stereocenters. The first-order chi connectivity index (χ1) is 10.3. The van der Waals surface area contributed by atoms with Crippen molar-refractivity contribution in [2.45, 2.75) is 36.8 Å². The molecule has 1 N–H and O–H groups in total. The van der Waals surface area contributed by atoms with Gasteiger partial charge in [0.05, 0.1) is 5.88 Å². The van der Waals surface area contributed by atoms with Crippen molar-refractivity contribution in [3.63, 3.8) is 0 Å². The van der Waals surface area contributed by atoms with Gasteiger partial charge in [0.15, 0.2) is 4.34 Å². The van der Waals surface area contributed by atoms with Crippen molar-refractivity contribution < 1.29 is 14.3 Å². The van der Waals surface area contributed by atoms with Crippen LogP contribution in [-0.2, 0) is 9.53 Å². The molecule has 0 aromatic carbocycles. The van der Waals surface area contributed by atoms with E-state index in [0.29, 0.717) is 16.8 Å². The quantitative estimate of drug-likeness (QED) is 0.653. The summed E-state index contributed by atoms with van der Waals surface area (Å²) in [6.07, 6.45) is 1.42. The van der Waals surface area contributed by atoms with E-state index in [1.807, 2.05) is 6.26 Å². The van der Waals surface area contributed by atoms with Gasteiger partial charge in [0, 0.05) is 5.75 Å². The van der Waals surface area contributed by atoms with Crippen LogP contribution in [0.1, 0.15) is 20.8 Å². The number of carbonyl (C=O) groups excluding carboxylic acids is 2.